The Hall–Kier alpha value is -3.20. The van der Waals surface area contributed by atoms with Gasteiger partial charge in [-0.3, -0.25) is 0 Å². The van der Waals surface area contributed by atoms with Gasteiger partial charge in [0.25, 0.3) is 0 Å². The van der Waals surface area contributed by atoms with Crippen LogP contribution in [-0.4, -0.2) is 50.6 Å². The van der Waals surface area contributed by atoms with Gasteiger partial charge in [-0.15, -0.1) is 0 Å². The highest BCUT2D eigenvalue weighted by Gasteiger charge is 2.24. The van der Waals surface area contributed by atoms with Gasteiger partial charge in [-0.2, -0.15) is 9.97 Å². The van der Waals surface area contributed by atoms with E-state index in [1.54, 1.807) is 18.2 Å². The summed E-state index contributed by atoms with van der Waals surface area (Å²) in [5.41, 5.74) is 0.525. The summed E-state index contributed by atoms with van der Waals surface area (Å²) in [5, 5.41) is 7.49. The molecule has 1 heterocycles. The zero-order valence-electron chi connectivity index (χ0n) is 14.8. The fraction of sp³-hybridized carbons (Fsp3) is 0.294. The predicted molar refractivity (Wildman–Crippen MR) is 91.5 cm³/mol. The summed E-state index contributed by atoms with van der Waals surface area (Å²) in [4.78, 5) is 20.4. The maximum atomic E-state index is 12.3. The van der Waals surface area contributed by atoms with Crippen molar-refractivity contribution in [1.82, 2.24) is 9.97 Å². The molecule has 0 aliphatic rings. The van der Waals surface area contributed by atoms with Gasteiger partial charge < -0.3 is 29.1 Å². The number of methoxy groups -OCH3 is 4. The van der Waals surface area contributed by atoms with Crippen molar-refractivity contribution in [1.29, 1.82) is 5.41 Å². The van der Waals surface area contributed by atoms with E-state index in [1.807, 2.05) is 0 Å². The molecule has 1 atom stereocenters. The average molecular weight is 361 g/mol. The molecule has 2 aromatic rings. The monoisotopic (exact) mass is 361 g/mol. The molecule has 0 fully saturated rings. The van der Waals surface area contributed by atoms with Crippen molar-refractivity contribution < 1.29 is 28.5 Å². The Morgan fingerprint density at radius 2 is 1.77 bits per heavy atom. The lowest BCUT2D eigenvalue weighted by atomic mass is 10.0. The number of rotatable bonds is 8. The number of nitrogens with zero attached hydrogens (tertiary/aromatic N) is 2. The standard InChI is InChI=1S/C17H19N3O6/c1-22-12(9-18)10-6-5-7-11(15(10)16(21)25-4)26-17-19-13(23-2)8-14(20-17)24-3/h5-9,12,18H,1-4H3. The molecule has 0 aliphatic heterocycles. The molecule has 0 aliphatic carbocycles. The smallest absolute Gasteiger partial charge is 0.342 e. The Kier molecular flexibility index (Phi) is 6.45. The first-order valence-corrected chi connectivity index (χ1v) is 7.47. The molecule has 1 aromatic heterocycles. The lowest BCUT2D eigenvalue weighted by molar-refractivity contribution is 0.0591. The minimum absolute atomic E-state index is 0.0766. The van der Waals surface area contributed by atoms with Crippen LogP contribution in [0.5, 0.6) is 23.5 Å². The van der Waals surface area contributed by atoms with Crippen molar-refractivity contribution >= 4 is 12.2 Å². The third-order valence-corrected chi connectivity index (χ3v) is 3.44. The molecule has 9 heteroatoms. The largest absolute Gasteiger partial charge is 0.481 e. The molecule has 0 spiro atoms. The van der Waals surface area contributed by atoms with Crippen LogP contribution in [0, 0.1) is 5.41 Å². The van der Waals surface area contributed by atoms with Gasteiger partial charge in [-0.25, -0.2) is 4.79 Å². The van der Waals surface area contributed by atoms with Crippen molar-refractivity contribution in [2.45, 2.75) is 6.10 Å². The van der Waals surface area contributed by atoms with Crippen LogP contribution in [0.3, 0.4) is 0 Å². The van der Waals surface area contributed by atoms with Crippen LogP contribution in [0.25, 0.3) is 0 Å². The molecule has 26 heavy (non-hydrogen) atoms. The third-order valence-electron chi connectivity index (χ3n) is 3.44. The third kappa shape index (κ3) is 4.06. The second-order valence-electron chi connectivity index (χ2n) is 4.87. The predicted octanol–water partition coefficient (Wildman–Crippen LogP) is 2.41. The van der Waals surface area contributed by atoms with Crippen LogP contribution in [0.15, 0.2) is 24.3 Å². The molecule has 0 saturated carbocycles. The van der Waals surface area contributed by atoms with E-state index in [4.69, 9.17) is 29.1 Å². The highest BCUT2D eigenvalue weighted by atomic mass is 16.5. The van der Waals surface area contributed by atoms with E-state index >= 15 is 0 Å². The summed E-state index contributed by atoms with van der Waals surface area (Å²) < 4.78 is 25.9. The lowest BCUT2D eigenvalue weighted by Crippen LogP contribution is -2.13. The summed E-state index contributed by atoms with van der Waals surface area (Å²) in [6.07, 6.45) is 0.324. The normalized spacial score (nSPS) is 11.4. The lowest BCUT2D eigenvalue weighted by Gasteiger charge is -2.17. The number of hydrogen-bond acceptors (Lipinski definition) is 9. The molecule has 0 amide bonds. The molecule has 0 radical (unpaired) electrons. The zero-order valence-corrected chi connectivity index (χ0v) is 14.8. The summed E-state index contributed by atoms with van der Waals surface area (Å²) in [7, 11) is 5.57. The number of hydrogen-bond donors (Lipinski definition) is 1. The maximum Gasteiger partial charge on any atom is 0.342 e. The van der Waals surface area contributed by atoms with Gasteiger partial charge in [0, 0.05) is 18.9 Å². The molecule has 1 aromatic carbocycles. The molecule has 0 saturated heterocycles. The summed E-state index contributed by atoms with van der Waals surface area (Å²) in [6.45, 7) is 0. The van der Waals surface area contributed by atoms with Crippen LogP contribution in [-0.2, 0) is 9.47 Å². The number of ether oxygens (including phenoxy) is 5. The van der Waals surface area contributed by atoms with E-state index in [1.165, 1.54) is 34.5 Å². The Bertz CT molecular complexity index is 774. The number of esters is 1. The Labute approximate surface area is 150 Å². The quantitative estimate of drug-likeness (QED) is 0.563. The van der Waals surface area contributed by atoms with E-state index < -0.39 is 12.1 Å². The molecule has 9 nitrogen and oxygen atoms in total. The summed E-state index contributed by atoms with van der Waals surface area (Å²) >= 11 is 0. The topological polar surface area (TPSA) is 113 Å². The first-order chi connectivity index (χ1) is 12.6. The Morgan fingerprint density at radius 3 is 2.27 bits per heavy atom. The maximum absolute atomic E-state index is 12.3. The minimum Gasteiger partial charge on any atom is -0.481 e. The van der Waals surface area contributed by atoms with Crippen LogP contribution < -0.4 is 14.2 Å². The number of benzene rings is 1. The second kappa shape index (κ2) is 8.77. The van der Waals surface area contributed by atoms with Crippen molar-refractivity contribution in [2.75, 3.05) is 28.4 Å². The Balaban J connectivity index is 2.54. The van der Waals surface area contributed by atoms with Gasteiger partial charge in [0.15, 0.2) is 0 Å². The number of carbonyl (C=O) groups excluding carboxylic acids is 1. The second-order valence-corrected chi connectivity index (χ2v) is 4.87. The molecule has 1 unspecified atom stereocenters. The van der Waals surface area contributed by atoms with Crippen molar-refractivity contribution in [3.05, 3.63) is 35.4 Å². The minimum atomic E-state index is -0.742. The Morgan fingerprint density at radius 1 is 1.12 bits per heavy atom. The van der Waals surface area contributed by atoms with Gasteiger partial charge in [0.2, 0.25) is 11.8 Å². The van der Waals surface area contributed by atoms with Crippen molar-refractivity contribution in [3.63, 3.8) is 0 Å². The summed E-state index contributed by atoms with van der Waals surface area (Å²) in [5.74, 6) is -0.0309. The molecular weight excluding hydrogens is 342 g/mol. The van der Waals surface area contributed by atoms with Gasteiger partial charge in [-0.1, -0.05) is 12.1 Å². The van der Waals surface area contributed by atoms with Crippen molar-refractivity contribution in [2.24, 2.45) is 0 Å². The molecular formula is C17H19N3O6. The first-order valence-electron chi connectivity index (χ1n) is 7.47. The molecule has 0 bridgehead atoms. The van der Waals surface area contributed by atoms with E-state index in [-0.39, 0.29) is 29.1 Å². The van der Waals surface area contributed by atoms with E-state index in [2.05, 4.69) is 9.97 Å². The van der Waals surface area contributed by atoms with Gasteiger partial charge in [0.1, 0.15) is 17.4 Å². The number of carbonyl (C=O) groups is 1. The van der Waals surface area contributed by atoms with E-state index in [0.717, 1.165) is 6.21 Å². The molecule has 2 rings (SSSR count). The fourth-order valence-electron chi connectivity index (χ4n) is 2.21. The van der Waals surface area contributed by atoms with Crippen LogP contribution in [0.1, 0.15) is 22.0 Å². The fourth-order valence-corrected chi connectivity index (χ4v) is 2.21. The first kappa shape index (κ1) is 19.1. The SMILES string of the molecule is COC(=O)c1c(Oc2nc(OC)cc(OC)n2)cccc1C(C=N)OC. The molecule has 1 N–H and O–H groups in total. The highest BCUT2D eigenvalue weighted by Crippen LogP contribution is 2.32. The average Bonchev–Trinajstić information content (AvgIpc) is 2.68. The van der Waals surface area contributed by atoms with Gasteiger partial charge in [-0.05, 0) is 6.07 Å². The van der Waals surface area contributed by atoms with E-state index in [9.17, 15) is 4.79 Å². The van der Waals surface area contributed by atoms with Gasteiger partial charge in [0.05, 0.1) is 27.4 Å². The zero-order chi connectivity index (χ0) is 19.1. The van der Waals surface area contributed by atoms with Crippen LogP contribution in [0.2, 0.25) is 0 Å². The van der Waals surface area contributed by atoms with Crippen LogP contribution >= 0.6 is 0 Å². The van der Waals surface area contributed by atoms with Crippen LogP contribution in [0.4, 0.5) is 0 Å². The number of nitrogens with one attached hydrogen (secondary N) is 1. The molecule has 138 valence electrons. The van der Waals surface area contributed by atoms with Gasteiger partial charge >= 0.3 is 12.0 Å². The summed E-state index contributed by atoms with van der Waals surface area (Å²) in [6, 6.07) is 6.27. The van der Waals surface area contributed by atoms with Crippen molar-refractivity contribution in [3.8, 4) is 23.5 Å². The number of aromatic nitrogens is 2. The van der Waals surface area contributed by atoms with E-state index in [0.29, 0.717) is 5.56 Å². The highest BCUT2D eigenvalue weighted by molar-refractivity contribution is 5.95.